The smallest absolute Gasteiger partial charge is 0.224 e. The van der Waals surface area contributed by atoms with Crippen LogP contribution in [0.3, 0.4) is 0 Å². The molecule has 0 saturated heterocycles. The number of oxime groups is 1. The van der Waals surface area contributed by atoms with Gasteiger partial charge in [0.25, 0.3) is 0 Å². The van der Waals surface area contributed by atoms with Crippen molar-refractivity contribution in [3.63, 3.8) is 0 Å². The van der Waals surface area contributed by atoms with Gasteiger partial charge < -0.3 is 15.0 Å². The Bertz CT molecular complexity index is 643. The quantitative estimate of drug-likeness (QED) is 0.384. The van der Waals surface area contributed by atoms with Crippen molar-refractivity contribution < 1.29 is 14.1 Å². The van der Waals surface area contributed by atoms with E-state index in [0.717, 1.165) is 0 Å². The van der Waals surface area contributed by atoms with E-state index in [1.54, 1.807) is 6.92 Å². The lowest BCUT2D eigenvalue weighted by molar-refractivity contribution is 0.316. The van der Waals surface area contributed by atoms with Crippen LogP contribution in [0.5, 0.6) is 0 Å². The molecule has 19 heavy (non-hydrogen) atoms. The van der Waals surface area contributed by atoms with Crippen LogP contribution in [0.4, 0.5) is 10.1 Å². The molecule has 0 saturated carbocycles. The van der Waals surface area contributed by atoms with Crippen LogP contribution in [-0.2, 0) is 0 Å². The highest BCUT2D eigenvalue weighted by atomic mass is 35.5. The molecule has 0 bridgehead atoms. The number of halogens is 3. The fourth-order valence-corrected chi connectivity index (χ4v) is 1.68. The molecule has 2 aromatic rings. The molecule has 0 aliphatic carbocycles. The largest absolute Gasteiger partial charge is 0.409 e. The van der Waals surface area contributed by atoms with E-state index in [9.17, 15) is 4.39 Å². The second kappa shape index (κ2) is 5.46. The molecular weight excluding hydrogens is 296 g/mol. The zero-order valence-electron chi connectivity index (χ0n) is 9.62. The minimum Gasteiger partial charge on any atom is -0.409 e. The molecular formula is C11H8Cl2FN3O2. The number of nitrogens with zero attached hydrogens (tertiary/aromatic N) is 2. The highest BCUT2D eigenvalue weighted by molar-refractivity contribution is 6.35. The van der Waals surface area contributed by atoms with Crippen LogP contribution in [-0.4, -0.2) is 16.2 Å². The van der Waals surface area contributed by atoms with Crippen LogP contribution in [0.25, 0.3) is 0 Å². The fourth-order valence-electron chi connectivity index (χ4n) is 1.34. The van der Waals surface area contributed by atoms with Gasteiger partial charge in [-0.15, -0.1) is 0 Å². The number of amidine groups is 1. The maximum absolute atomic E-state index is 13.0. The first-order valence-corrected chi connectivity index (χ1v) is 5.84. The third-order valence-corrected chi connectivity index (χ3v) is 3.02. The lowest BCUT2D eigenvalue weighted by Gasteiger charge is -2.06. The van der Waals surface area contributed by atoms with E-state index in [2.05, 4.69) is 15.6 Å². The van der Waals surface area contributed by atoms with Crippen LogP contribution in [0.1, 0.15) is 11.5 Å². The zero-order chi connectivity index (χ0) is 14.0. The molecule has 0 aliphatic rings. The minimum absolute atomic E-state index is 0.0618. The Balaban J connectivity index is 2.30. The van der Waals surface area contributed by atoms with Crippen LogP contribution >= 0.6 is 23.2 Å². The Morgan fingerprint density at radius 1 is 1.47 bits per heavy atom. The van der Waals surface area contributed by atoms with Crippen molar-refractivity contribution in [2.24, 2.45) is 5.16 Å². The molecule has 0 unspecified atom stereocenters. The van der Waals surface area contributed by atoms with Crippen molar-refractivity contribution in [3.05, 3.63) is 45.5 Å². The summed E-state index contributed by atoms with van der Waals surface area (Å²) in [5, 5.41) is 18.5. The van der Waals surface area contributed by atoms with Gasteiger partial charge in [0.2, 0.25) is 11.6 Å². The van der Waals surface area contributed by atoms with Crippen molar-refractivity contribution in [2.45, 2.75) is 6.92 Å². The number of aromatic nitrogens is 1. The van der Waals surface area contributed by atoms with E-state index in [1.165, 1.54) is 18.2 Å². The molecule has 1 aromatic heterocycles. The average molecular weight is 304 g/mol. The average Bonchev–Trinajstić information content (AvgIpc) is 2.72. The predicted molar refractivity (Wildman–Crippen MR) is 69.6 cm³/mol. The summed E-state index contributed by atoms with van der Waals surface area (Å²) in [4.78, 5) is 0. The highest BCUT2D eigenvalue weighted by Crippen LogP contribution is 2.23. The number of nitrogens with one attached hydrogen (secondary N) is 1. The lowest BCUT2D eigenvalue weighted by Crippen LogP contribution is -2.13. The van der Waals surface area contributed by atoms with Gasteiger partial charge in [0.05, 0.1) is 10.7 Å². The molecule has 8 heteroatoms. The predicted octanol–water partition coefficient (Wildman–Crippen LogP) is 3.68. The van der Waals surface area contributed by atoms with Gasteiger partial charge in [-0.1, -0.05) is 33.5 Å². The second-order valence-corrected chi connectivity index (χ2v) is 4.40. The summed E-state index contributed by atoms with van der Waals surface area (Å²) in [6.45, 7) is 1.64. The number of benzene rings is 1. The molecule has 1 heterocycles. The molecule has 2 rings (SSSR count). The van der Waals surface area contributed by atoms with Gasteiger partial charge in [0, 0.05) is 5.69 Å². The van der Waals surface area contributed by atoms with Crippen molar-refractivity contribution >= 4 is 34.7 Å². The molecule has 0 amide bonds. The van der Waals surface area contributed by atoms with E-state index in [4.69, 9.17) is 32.9 Å². The molecule has 0 atom stereocenters. The van der Waals surface area contributed by atoms with Gasteiger partial charge in [-0.2, -0.15) is 0 Å². The summed E-state index contributed by atoms with van der Waals surface area (Å²) in [5.41, 5.74) is 0.862. The molecule has 0 aliphatic heterocycles. The molecule has 5 nitrogen and oxygen atoms in total. The van der Waals surface area contributed by atoms with Gasteiger partial charge in [0.15, 0.2) is 0 Å². The Hall–Kier alpha value is -1.79. The third-order valence-electron chi connectivity index (χ3n) is 2.29. The van der Waals surface area contributed by atoms with Crippen LogP contribution in [0, 0.1) is 12.7 Å². The first-order chi connectivity index (χ1) is 9.02. The Labute approximate surface area is 117 Å². The zero-order valence-corrected chi connectivity index (χ0v) is 11.1. The van der Waals surface area contributed by atoms with E-state index in [0.29, 0.717) is 11.4 Å². The lowest BCUT2D eigenvalue weighted by atomic mass is 10.3. The molecule has 0 spiro atoms. The maximum atomic E-state index is 13.0. The fraction of sp³-hybridized carbons (Fsp3) is 0.0909. The van der Waals surface area contributed by atoms with Crippen molar-refractivity contribution in [1.82, 2.24) is 5.16 Å². The summed E-state index contributed by atoms with van der Waals surface area (Å²) in [7, 11) is 0. The standard InChI is InChI=1S/C11H8Cl2FN3O2/c1-5-9(13)10(19-17-5)11(16-18)15-6-2-3-8(14)7(12)4-6/h2-4,18H,1H3,(H,15,16). The van der Waals surface area contributed by atoms with Gasteiger partial charge in [-0.05, 0) is 25.1 Å². The summed E-state index contributed by atoms with van der Waals surface area (Å²) in [6, 6.07) is 3.93. The van der Waals surface area contributed by atoms with Crippen LogP contribution in [0.15, 0.2) is 27.9 Å². The number of anilines is 1. The normalized spacial score (nSPS) is 11.7. The summed E-state index contributed by atoms with van der Waals surface area (Å²) in [5.74, 6) is -0.543. The maximum Gasteiger partial charge on any atom is 0.224 e. The Kier molecular flexibility index (Phi) is 3.92. The van der Waals surface area contributed by atoms with Gasteiger partial charge in [-0.3, -0.25) is 0 Å². The van der Waals surface area contributed by atoms with E-state index in [1.807, 2.05) is 0 Å². The summed E-state index contributed by atoms with van der Waals surface area (Å²) >= 11 is 11.6. The first-order valence-electron chi connectivity index (χ1n) is 5.09. The van der Waals surface area contributed by atoms with Crippen molar-refractivity contribution in [3.8, 4) is 0 Å². The second-order valence-electron chi connectivity index (χ2n) is 3.61. The SMILES string of the molecule is Cc1noc(/C(=N\O)Nc2ccc(F)c(Cl)c2)c1Cl. The van der Waals surface area contributed by atoms with Gasteiger partial charge >= 0.3 is 0 Å². The van der Waals surface area contributed by atoms with Crippen LogP contribution < -0.4 is 5.32 Å². The van der Waals surface area contributed by atoms with E-state index >= 15 is 0 Å². The van der Waals surface area contributed by atoms with E-state index in [-0.39, 0.29) is 21.6 Å². The molecule has 0 radical (unpaired) electrons. The number of aryl methyl sites for hydroxylation is 1. The van der Waals surface area contributed by atoms with Crippen molar-refractivity contribution in [1.29, 1.82) is 0 Å². The molecule has 2 N–H and O–H groups in total. The first kappa shape index (κ1) is 13.6. The van der Waals surface area contributed by atoms with Crippen LogP contribution in [0.2, 0.25) is 10.0 Å². The Morgan fingerprint density at radius 2 is 2.21 bits per heavy atom. The van der Waals surface area contributed by atoms with Crippen molar-refractivity contribution in [2.75, 3.05) is 5.32 Å². The highest BCUT2D eigenvalue weighted by Gasteiger charge is 2.18. The van der Waals surface area contributed by atoms with E-state index < -0.39 is 5.82 Å². The minimum atomic E-state index is -0.553. The van der Waals surface area contributed by atoms with Gasteiger partial charge in [-0.25, -0.2) is 4.39 Å². The third kappa shape index (κ3) is 2.80. The summed E-state index contributed by atoms with van der Waals surface area (Å²) in [6.07, 6.45) is 0. The molecule has 0 fully saturated rings. The summed E-state index contributed by atoms with van der Waals surface area (Å²) < 4.78 is 18.0. The number of hydrogen-bond donors (Lipinski definition) is 2. The molecule has 1 aromatic carbocycles. The number of hydrogen-bond acceptors (Lipinski definition) is 4. The Morgan fingerprint density at radius 3 is 2.74 bits per heavy atom. The number of rotatable bonds is 2. The van der Waals surface area contributed by atoms with Gasteiger partial charge in [0.1, 0.15) is 10.8 Å². The monoisotopic (exact) mass is 303 g/mol. The molecule has 100 valence electrons. The topological polar surface area (TPSA) is 70.7 Å².